The molecule has 0 bridgehead atoms. The minimum absolute atomic E-state index is 0.0206. The number of hydrogen-bond donors (Lipinski definition) is 0. The number of halogens is 2. The van der Waals surface area contributed by atoms with Crippen LogP contribution in [0, 0.1) is 22.5 Å². The van der Waals surface area contributed by atoms with Crippen LogP contribution in [0.3, 0.4) is 0 Å². The van der Waals surface area contributed by atoms with Crippen LogP contribution in [0.4, 0.5) is 5.69 Å². The summed E-state index contributed by atoms with van der Waals surface area (Å²) in [5.41, 5.74) is -0.326. The fraction of sp³-hybridized carbons (Fsp3) is 0.250. The van der Waals surface area contributed by atoms with Crippen LogP contribution >= 0.6 is 23.2 Å². The molecule has 0 aliphatic carbocycles. The molecular weight excluding hydrogens is 291 g/mol. The van der Waals surface area contributed by atoms with Crippen molar-refractivity contribution in [3.8, 4) is 12.3 Å². The van der Waals surface area contributed by atoms with Crippen molar-refractivity contribution in [2.75, 3.05) is 13.1 Å². The van der Waals surface area contributed by atoms with Crippen molar-refractivity contribution in [3.05, 3.63) is 37.9 Å². The molecule has 0 saturated heterocycles. The minimum Gasteiger partial charge on any atom is -0.328 e. The number of nitro benzene ring substituents is 1. The normalized spacial score (nSPS) is 9.79. The molecule has 0 aliphatic heterocycles. The summed E-state index contributed by atoms with van der Waals surface area (Å²) in [4.78, 5) is 23.6. The molecule has 7 heteroatoms. The lowest BCUT2D eigenvalue weighted by Crippen LogP contribution is -2.31. The zero-order valence-corrected chi connectivity index (χ0v) is 11.5. The number of terminal acetylenes is 1. The van der Waals surface area contributed by atoms with Gasteiger partial charge in [0.2, 0.25) is 0 Å². The molecule has 0 fully saturated rings. The first kappa shape index (κ1) is 15.3. The molecule has 0 atom stereocenters. The Balaban J connectivity index is 3.29. The Kier molecular flexibility index (Phi) is 5.16. The number of nitro groups is 1. The third-order valence-corrected chi connectivity index (χ3v) is 3.21. The first-order valence-electron chi connectivity index (χ1n) is 5.28. The molecule has 100 valence electrons. The van der Waals surface area contributed by atoms with Crippen LogP contribution in [0.15, 0.2) is 12.1 Å². The summed E-state index contributed by atoms with van der Waals surface area (Å²) in [6.45, 7) is 2.19. The van der Waals surface area contributed by atoms with Gasteiger partial charge in [0.15, 0.2) is 0 Å². The van der Waals surface area contributed by atoms with E-state index in [0.717, 1.165) is 12.1 Å². The van der Waals surface area contributed by atoms with E-state index in [0.29, 0.717) is 6.54 Å². The quantitative estimate of drug-likeness (QED) is 0.488. The van der Waals surface area contributed by atoms with Crippen LogP contribution in [0.1, 0.15) is 17.3 Å². The molecule has 0 radical (unpaired) electrons. The monoisotopic (exact) mass is 300 g/mol. The van der Waals surface area contributed by atoms with Gasteiger partial charge in [-0.1, -0.05) is 29.1 Å². The average Bonchev–Trinajstić information content (AvgIpc) is 2.37. The van der Waals surface area contributed by atoms with Crippen LogP contribution in [0.2, 0.25) is 10.0 Å². The highest BCUT2D eigenvalue weighted by Crippen LogP contribution is 2.31. The second kappa shape index (κ2) is 6.41. The molecular formula is C12H10Cl2N2O3. The van der Waals surface area contributed by atoms with E-state index in [-0.39, 0.29) is 27.8 Å². The highest BCUT2D eigenvalue weighted by Gasteiger charge is 2.22. The van der Waals surface area contributed by atoms with Crippen molar-refractivity contribution in [2.45, 2.75) is 6.92 Å². The summed E-state index contributed by atoms with van der Waals surface area (Å²) in [6.07, 6.45) is 5.16. The third kappa shape index (κ3) is 3.37. The molecule has 1 aromatic carbocycles. The molecule has 0 spiro atoms. The summed E-state index contributed by atoms with van der Waals surface area (Å²) in [6, 6.07) is 2.19. The first-order valence-corrected chi connectivity index (χ1v) is 6.04. The number of benzene rings is 1. The van der Waals surface area contributed by atoms with Crippen molar-refractivity contribution < 1.29 is 9.72 Å². The lowest BCUT2D eigenvalue weighted by Gasteiger charge is -2.18. The van der Waals surface area contributed by atoms with Crippen LogP contribution in [-0.2, 0) is 0 Å². The van der Waals surface area contributed by atoms with Crippen LogP contribution in [-0.4, -0.2) is 28.8 Å². The van der Waals surface area contributed by atoms with E-state index >= 15 is 0 Å². The van der Waals surface area contributed by atoms with Gasteiger partial charge in [0.1, 0.15) is 0 Å². The van der Waals surface area contributed by atoms with Crippen LogP contribution in [0.25, 0.3) is 0 Å². The molecule has 5 nitrogen and oxygen atoms in total. The molecule has 1 amide bonds. The molecule has 0 saturated carbocycles. The number of carbonyl (C=O) groups is 1. The lowest BCUT2D eigenvalue weighted by atomic mass is 10.1. The number of non-ortho nitro benzene ring substituents is 1. The van der Waals surface area contributed by atoms with Gasteiger partial charge in [-0.2, -0.15) is 0 Å². The number of rotatable bonds is 4. The molecule has 1 rings (SSSR count). The predicted octanol–water partition coefficient (Wildman–Crippen LogP) is 3.00. The maximum atomic E-state index is 12.2. The molecule has 1 aromatic rings. The van der Waals surface area contributed by atoms with Gasteiger partial charge in [-0.25, -0.2) is 0 Å². The topological polar surface area (TPSA) is 63.5 Å². The summed E-state index contributed by atoms with van der Waals surface area (Å²) in [5, 5.41) is 10.7. The Hall–Kier alpha value is -1.77. The van der Waals surface area contributed by atoms with Crippen LogP contribution in [0.5, 0.6) is 0 Å². The standard InChI is InChI=1S/C12H10Cl2N2O3/c1-3-5-15(4-2)12(17)9-6-8(16(18)19)7-10(13)11(9)14/h1,6-7H,4-5H2,2H3. The van der Waals surface area contributed by atoms with Crippen molar-refractivity contribution in [1.29, 1.82) is 0 Å². The van der Waals surface area contributed by atoms with E-state index < -0.39 is 10.8 Å². The lowest BCUT2D eigenvalue weighted by molar-refractivity contribution is -0.384. The summed E-state index contributed by atoms with van der Waals surface area (Å²) in [5.74, 6) is 1.85. The van der Waals surface area contributed by atoms with Gasteiger partial charge in [0, 0.05) is 18.7 Å². The highest BCUT2D eigenvalue weighted by molar-refractivity contribution is 6.44. The Bertz CT molecular complexity index is 567. The Labute approximate surface area is 120 Å². The maximum absolute atomic E-state index is 12.2. The molecule has 0 unspecified atom stereocenters. The van der Waals surface area contributed by atoms with Gasteiger partial charge in [-0.05, 0) is 6.92 Å². The van der Waals surface area contributed by atoms with E-state index in [1.165, 1.54) is 4.90 Å². The largest absolute Gasteiger partial charge is 0.328 e. The maximum Gasteiger partial charge on any atom is 0.271 e. The average molecular weight is 301 g/mol. The first-order chi connectivity index (χ1) is 8.92. The molecule has 0 heterocycles. The second-order valence-electron chi connectivity index (χ2n) is 3.57. The Morgan fingerprint density at radius 1 is 1.53 bits per heavy atom. The fourth-order valence-electron chi connectivity index (χ4n) is 1.44. The third-order valence-electron chi connectivity index (χ3n) is 2.41. The smallest absolute Gasteiger partial charge is 0.271 e. The van der Waals surface area contributed by atoms with Crippen molar-refractivity contribution in [1.82, 2.24) is 4.90 Å². The van der Waals surface area contributed by atoms with Gasteiger partial charge in [-0.15, -0.1) is 6.42 Å². The van der Waals surface area contributed by atoms with Crippen LogP contribution < -0.4 is 0 Å². The van der Waals surface area contributed by atoms with Crippen molar-refractivity contribution in [2.24, 2.45) is 0 Å². The number of carbonyl (C=O) groups excluding carboxylic acids is 1. The zero-order valence-electron chi connectivity index (χ0n) is 10.0. The Morgan fingerprint density at radius 3 is 2.63 bits per heavy atom. The predicted molar refractivity (Wildman–Crippen MR) is 73.5 cm³/mol. The fourth-order valence-corrected chi connectivity index (χ4v) is 1.85. The molecule has 19 heavy (non-hydrogen) atoms. The van der Waals surface area contributed by atoms with Gasteiger partial charge in [-0.3, -0.25) is 14.9 Å². The molecule has 0 N–H and O–H groups in total. The van der Waals surface area contributed by atoms with Gasteiger partial charge in [0.05, 0.1) is 27.1 Å². The van der Waals surface area contributed by atoms with E-state index in [9.17, 15) is 14.9 Å². The minimum atomic E-state index is -0.642. The van der Waals surface area contributed by atoms with E-state index in [4.69, 9.17) is 29.6 Å². The number of nitrogens with zero attached hydrogens (tertiary/aromatic N) is 2. The Morgan fingerprint density at radius 2 is 2.16 bits per heavy atom. The van der Waals surface area contributed by atoms with E-state index in [1.807, 2.05) is 0 Å². The molecule has 0 aromatic heterocycles. The molecule has 0 aliphatic rings. The SMILES string of the molecule is C#CCN(CC)C(=O)c1cc([N+](=O)[O-])cc(Cl)c1Cl. The summed E-state index contributed by atoms with van der Waals surface area (Å²) >= 11 is 11.7. The summed E-state index contributed by atoms with van der Waals surface area (Å²) < 4.78 is 0. The summed E-state index contributed by atoms with van der Waals surface area (Å²) in [7, 11) is 0. The van der Waals surface area contributed by atoms with Gasteiger partial charge in [0.25, 0.3) is 11.6 Å². The van der Waals surface area contributed by atoms with Gasteiger partial charge < -0.3 is 4.90 Å². The zero-order chi connectivity index (χ0) is 14.6. The van der Waals surface area contributed by atoms with Gasteiger partial charge >= 0.3 is 0 Å². The number of hydrogen-bond acceptors (Lipinski definition) is 3. The number of amides is 1. The van der Waals surface area contributed by atoms with E-state index in [1.54, 1.807) is 6.92 Å². The van der Waals surface area contributed by atoms with E-state index in [2.05, 4.69) is 5.92 Å². The second-order valence-corrected chi connectivity index (χ2v) is 4.35. The van der Waals surface area contributed by atoms with Crippen molar-refractivity contribution in [3.63, 3.8) is 0 Å². The highest BCUT2D eigenvalue weighted by atomic mass is 35.5. The van der Waals surface area contributed by atoms with Crippen molar-refractivity contribution >= 4 is 34.8 Å².